The lowest BCUT2D eigenvalue weighted by Crippen LogP contribution is -2.08. The fourth-order valence-electron chi connectivity index (χ4n) is 2.29. The van der Waals surface area contributed by atoms with Crippen LogP contribution in [0.5, 0.6) is 5.75 Å². The molecule has 0 fully saturated rings. The van der Waals surface area contributed by atoms with Crippen LogP contribution < -0.4 is 10.2 Å². The van der Waals surface area contributed by atoms with E-state index >= 15 is 0 Å². The predicted octanol–water partition coefficient (Wildman–Crippen LogP) is 3.43. The second kappa shape index (κ2) is 5.47. The molecular weight excluding hydrogens is 238 g/mol. The van der Waals surface area contributed by atoms with Crippen molar-refractivity contribution in [1.29, 1.82) is 0 Å². The molecule has 0 spiro atoms. The van der Waals surface area contributed by atoms with Gasteiger partial charge in [-0.1, -0.05) is 20.3 Å². The van der Waals surface area contributed by atoms with Crippen molar-refractivity contribution < 1.29 is 4.74 Å². The van der Waals surface area contributed by atoms with Gasteiger partial charge < -0.3 is 9.72 Å². The Morgan fingerprint density at radius 2 is 2.05 bits per heavy atom. The molecule has 1 heterocycles. The molecule has 1 N–H and O–H groups in total. The zero-order valence-corrected chi connectivity index (χ0v) is 12.0. The predicted molar refractivity (Wildman–Crippen MR) is 79.0 cm³/mol. The Morgan fingerprint density at radius 1 is 1.32 bits per heavy atom. The Bertz CT molecular complexity index is 643. The molecule has 102 valence electrons. The SMILES string of the molecule is CC[C@@H](C)Cc1cc(=O)c2cc(OC)c(C)cc2[nH]1. The summed E-state index contributed by atoms with van der Waals surface area (Å²) in [6.45, 7) is 6.35. The van der Waals surface area contributed by atoms with Gasteiger partial charge in [-0.15, -0.1) is 0 Å². The summed E-state index contributed by atoms with van der Waals surface area (Å²) >= 11 is 0. The van der Waals surface area contributed by atoms with Crippen molar-refractivity contribution in [3.05, 3.63) is 39.7 Å². The second-order valence-electron chi connectivity index (χ2n) is 5.24. The average Bonchev–Trinajstić information content (AvgIpc) is 2.37. The highest BCUT2D eigenvalue weighted by Crippen LogP contribution is 2.22. The topological polar surface area (TPSA) is 42.1 Å². The van der Waals surface area contributed by atoms with Gasteiger partial charge in [0.15, 0.2) is 5.43 Å². The Hall–Kier alpha value is -1.77. The van der Waals surface area contributed by atoms with Crippen LogP contribution in [0.15, 0.2) is 23.0 Å². The highest BCUT2D eigenvalue weighted by molar-refractivity contribution is 5.81. The fourth-order valence-corrected chi connectivity index (χ4v) is 2.29. The molecule has 1 atom stereocenters. The van der Waals surface area contributed by atoms with Gasteiger partial charge in [0.05, 0.1) is 7.11 Å². The van der Waals surface area contributed by atoms with Crippen molar-refractivity contribution in [2.45, 2.75) is 33.6 Å². The fraction of sp³-hybridized carbons (Fsp3) is 0.438. The van der Waals surface area contributed by atoms with Gasteiger partial charge >= 0.3 is 0 Å². The smallest absolute Gasteiger partial charge is 0.189 e. The summed E-state index contributed by atoms with van der Waals surface area (Å²) in [5, 5.41) is 0.690. The number of fused-ring (bicyclic) bond motifs is 1. The van der Waals surface area contributed by atoms with Crippen molar-refractivity contribution in [2.75, 3.05) is 7.11 Å². The minimum absolute atomic E-state index is 0.0605. The molecule has 3 heteroatoms. The van der Waals surface area contributed by atoms with E-state index in [4.69, 9.17) is 4.74 Å². The Morgan fingerprint density at radius 3 is 2.68 bits per heavy atom. The molecule has 2 rings (SSSR count). The summed E-state index contributed by atoms with van der Waals surface area (Å²) in [5.41, 5.74) is 3.00. The van der Waals surface area contributed by atoms with Crippen molar-refractivity contribution >= 4 is 10.9 Å². The second-order valence-corrected chi connectivity index (χ2v) is 5.24. The number of aryl methyl sites for hydroxylation is 1. The van der Waals surface area contributed by atoms with Crippen molar-refractivity contribution in [3.63, 3.8) is 0 Å². The lowest BCUT2D eigenvalue weighted by molar-refractivity contribution is 0.412. The van der Waals surface area contributed by atoms with Crippen molar-refractivity contribution in [2.24, 2.45) is 5.92 Å². The summed E-state index contributed by atoms with van der Waals surface area (Å²) in [6, 6.07) is 5.51. The largest absolute Gasteiger partial charge is 0.496 e. The van der Waals surface area contributed by atoms with Gasteiger partial charge in [0.2, 0.25) is 0 Å². The zero-order valence-electron chi connectivity index (χ0n) is 12.0. The number of pyridine rings is 1. The molecule has 0 amide bonds. The molecule has 0 aliphatic heterocycles. The Balaban J connectivity index is 2.54. The third-order valence-electron chi connectivity index (χ3n) is 3.67. The number of hydrogen-bond donors (Lipinski definition) is 1. The summed E-state index contributed by atoms with van der Waals surface area (Å²) < 4.78 is 5.27. The van der Waals surface area contributed by atoms with Crippen LogP contribution in [0.4, 0.5) is 0 Å². The molecule has 0 saturated heterocycles. The van der Waals surface area contributed by atoms with Gasteiger partial charge in [0.25, 0.3) is 0 Å². The van der Waals surface area contributed by atoms with E-state index in [-0.39, 0.29) is 5.43 Å². The van der Waals surface area contributed by atoms with E-state index in [1.807, 2.05) is 19.1 Å². The lowest BCUT2D eigenvalue weighted by Gasteiger charge is -2.11. The Kier molecular flexibility index (Phi) is 3.93. The van der Waals surface area contributed by atoms with Crippen LogP contribution in [0.1, 0.15) is 31.5 Å². The first-order valence-electron chi connectivity index (χ1n) is 6.75. The van der Waals surface area contributed by atoms with E-state index in [0.29, 0.717) is 11.3 Å². The maximum Gasteiger partial charge on any atom is 0.189 e. The molecule has 0 saturated carbocycles. The van der Waals surface area contributed by atoms with E-state index in [1.54, 1.807) is 13.2 Å². The molecule has 0 radical (unpaired) electrons. The number of hydrogen-bond acceptors (Lipinski definition) is 2. The lowest BCUT2D eigenvalue weighted by atomic mass is 10.0. The van der Waals surface area contributed by atoms with Crippen LogP contribution in [0, 0.1) is 12.8 Å². The monoisotopic (exact) mass is 259 g/mol. The summed E-state index contributed by atoms with van der Waals surface area (Å²) in [7, 11) is 1.62. The molecule has 3 nitrogen and oxygen atoms in total. The first kappa shape index (κ1) is 13.7. The number of ether oxygens (including phenoxy) is 1. The normalized spacial score (nSPS) is 12.6. The van der Waals surface area contributed by atoms with Crippen LogP contribution in [-0.2, 0) is 6.42 Å². The number of rotatable bonds is 4. The van der Waals surface area contributed by atoms with Crippen molar-refractivity contribution in [3.8, 4) is 5.75 Å². The minimum atomic E-state index is 0.0605. The van der Waals surface area contributed by atoms with E-state index in [9.17, 15) is 4.79 Å². The quantitative estimate of drug-likeness (QED) is 0.914. The van der Waals surface area contributed by atoms with E-state index in [1.165, 1.54) is 0 Å². The van der Waals surface area contributed by atoms with E-state index in [0.717, 1.165) is 35.4 Å². The summed E-state index contributed by atoms with van der Waals surface area (Å²) in [4.78, 5) is 15.5. The standard InChI is InChI=1S/C16H21NO2/c1-5-10(2)6-12-8-15(18)13-9-16(19-4)11(3)7-14(13)17-12/h7-10H,5-6H2,1-4H3,(H,17,18)/t10-/m1/s1. The molecule has 2 aromatic rings. The van der Waals surface area contributed by atoms with E-state index in [2.05, 4.69) is 18.8 Å². The summed E-state index contributed by atoms with van der Waals surface area (Å²) in [6.07, 6.45) is 2.02. The van der Waals surface area contributed by atoms with Crippen molar-refractivity contribution in [1.82, 2.24) is 4.98 Å². The minimum Gasteiger partial charge on any atom is -0.496 e. The molecule has 0 bridgehead atoms. The zero-order chi connectivity index (χ0) is 14.0. The molecule has 19 heavy (non-hydrogen) atoms. The number of aromatic amines is 1. The highest BCUT2D eigenvalue weighted by Gasteiger charge is 2.08. The highest BCUT2D eigenvalue weighted by atomic mass is 16.5. The van der Waals surface area contributed by atoms with Gasteiger partial charge in [0.1, 0.15) is 5.75 Å². The van der Waals surface area contributed by atoms with Gasteiger partial charge in [-0.05, 0) is 37.0 Å². The number of aromatic nitrogens is 1. The number of methoxy groups -OCH3 is 1. The number of benzene rings is 1. The molecular formula is C16H21NO2. The average molecular weight is 259 g/mol. The van der Waals surface area contributed by atoms with Gasteiger partial charge in [0, 0.05) is 22.7 Å². The van der Waals surface area contributed by atoms with Gasteiger partial charge in [-0.3, -0.25) is 4.79 Å². The third-order valence-corrected chi connectivity index (χ3v) is 3.67. The molecule has 0 aliphatic rings. The van der Waals surface area contributed by atoms with Gasteiger partial charge in [-0.25, -0.2) is 0 Å². The molecule has 0 unspecified atom stereocenters. The maximum atomic E-state index is 12.2. The number of H-pyrrole nitrogens is 1. The first-order valence-corrected chi connectivity index (χ1v) is 6.75. The van der Waals surface area contributed by atoms with Crippen LogP contribution in [0.3, 0.4) is 0 Å². The molecule has 1 aromatic heterocycles. The van der Waals surface area contributed by atoms with Crippen LogP contribution in [-0.4, -0.2) is 12.1 Å². The molecule has 1 aromatic carbocycles. The van der Waals surface area contributed by atoms with E-state index < -0.39 is 0 Å². The first-order chi connectivity index (χ1) is 9.05. The number of nitrogens with one attached hydrogen (secondary N) is 1. The van der Waals surface area contributed by atoms with Crippen LogP contribution >= 0.6 is 0 Å². The summed E-state index contributed by atoms with van der Waals surface area (Å²) in [5.74, 6) is 1.33. The Labute approximate surface area is 113 Å². The third kappa shape index (κ3) is 2.80. The van der Waals surface area contributed by atoms with Gasteiger partial charge in [-0.2, -0.15) is 0 Å². The van der Waals surface area contributed by atoms with Crippen LogP contribution in [0.2, 0.25) is 0 Å². The molecule has 0 aliphatic carbocycles. The maximum absolute atomic E-state index is 12.2. The van der Waals surface area contributed by atoms with Crippen LogP contribution in [0.25, 0.3) is 10.9 Å².